The SMILES string of the molecule is O=C1CCC(N2C(=O)c3ccc(NC[C@H]4C[C@H](n5nc(C6CC6)c6nccnc65)C4)cc3C2=O)C(=O)N1. The van der Waals surface area contributed by atoms with Gasteiger partial charge in [0.2, 0.25) is 11.8 Å². The molecule has 1 aromatic carbocycles. The Kier molecular flexibility index (Phi) is 4.89. The standard InChI is InChI=1S/C26H25N7O4/c34-20-6-5-19(24(35)30-20)32-25(36)17-4-3-15(11-18(17)26(32)37)29-12-13-9-16(10-13)33-23-22(27-7-8-28-23)21(31-33)14-1-2-14/h3-4,7-8,11,13-14,16,19,29H,1-2,5-6,9-10,12H2,(H,30,34,35)/t13-,16-,19?. The fourth-order valence-corrected chi connectivity index (χ4v) is 5.69. The molecule has 0 bridgehead atoms. The molecule has 4 heterocycles. The Morgan fingerprint density at radius 3 is 2.54 bits per heavy atom. The second kappa shape index (κ2) is 8.19. The fourth-order valence-electron chi connectivity index (χ4n) is 5.69. The van der Waals surface area contributed by atoms with E-state index in [1.807, 2.05) is 0 Å². The Morgan fingerprint density at radius 2 is 1.76 bits per heavy atom. The normalized spacial score (nSPS) is 25.3. The van der Waals surface area contributed by atoms with E-state index in [2.05, 4.69) is 25.3 Å². The Balaban J connectivity index is 1.01. The molecule has 4 aliphatic rings. The summed E-state index contributed by atoms with van der Waals surface area (Å²) in [5.41, 5.74) is 4.18. The Hall–Kier alpha value is -4.15. The molecular formula is C26H25N7O4. The first-order valence-electron chi connectivity index (χ1n) is 12.8. The summed E-state index contributed by atoms with van der Waals surface area (Å²) in [6.07, 6.45) is 7.96. The summed E-state index contributed by atoms with van der Waals surface area (Å²) >= 11 is 0. The third kappa shape index (κ3) is 3.59. The molecule has 1 atom stereocenters. The van der Waals surface area contributed by atoms with Crippen molar-refractivity contribution < 1.29 is 19.2 Å². The molecular weight excluding hydrogens is 474 g/mol. The molecule has 188 valence electrons. The number of amides is 4. The lowest BCUT2D eigenvalue weighted by atomic mass is 9.80. The van der Waals surface area contributed by atoms with Crippen LogP contribution >= 0.6 is 0 Å². The van der Waals surface area contributed by atoms with Crippen molar-refractivity contribution in [3.8, 4) is 0 Å². The van der Waals surface area contributed by atoms with E-state index in [9.17, 15) is 19.2 Å². The minimum Gasteiger partial charge on any atom is -0.385 e. The van der Waals surface area contributed by atoms with Gasteiger partial charge < -0.3 is 5.32 Å². The van der Waals surface area contributed by atoms with E-state index in [1.54, 1.807) is 30.6 Å². The molecule has 1 unspecified atom stereocenters. The van der Waals surface area contributed by atoms with Crippen LogP contribution in [-0.2, 0) is 9.59 Å². The number of carbonyl (C=O) groups is 4. The highest BCUT2D eigenvalue weighted by molar-refractivity contribution is 6.23. The molecule has 2 saturated carbocycles. The molecule has 3 aromatic rings. The van der Waals surface area contributed by atoms with Crippen LogP contribution in [0.1, 0.15) is 76.9 Å². The molecule has 7 rings (SSSR count). The van der Waals surface area contributed by atoms with Crippen LogP contribution in [0.2, 0.25) is 0 Å². The van der Waals surface area contributed by atoms with E-state index in [4.69, 9.17) is 5.10 Å². The topological polar surface area (TPSA) is 139 Å². The van der Waals surface area contributed by atoms with Crippen LogP contribution in [0.4, 0.5) is 5.69 Å². The van der Waals surface area contributed by atoms with Crippen LogP contribution in [0.25, 0.3) is 11.2 Å². The number of carbonyl (C=O) groups excluding carboxylic acids is 4. The van der Waals surface area contributed by atoms with Crippen LogP contribution in [-0.4, -0.2) is 60.9 Å². The average Bonchev–Trinajstić information content (AvgIpc) is 3.60. The van der Waals surface area contributed by atoms with Crippen LogP contribution in [0, 0.1) is 5.92 Å². The molecule has 0 spiro atoms. The Labute approximate surface area is 211 Å². The zero-order valence-corrected chi connectivity index (χ0v) is 20.0. The lowest BCUT2D eigenvalue weighted by molar-refractivity contribution is -0.136. The van der Waals surface area contributed by atoms with E-state index in [0.29, 0.717) is 17.9 Å². The van der Waals surface area contributed by atoms with Crippen molar-refractivity contribution in [3.63, 3.8) is 0 Å². The highest BCUT2D eigenvalue weighted by atomic mass is 16.2. The number of hydrogen-bond donors (Lipinski definition) is 2. The number of anilines is 1. The number of rotatable bonds is 6. The minimum absolute atomic E-state index is 0.0990. The lowest BCUT2D eigenvalue weighted by Crippen LogP contribution is -2.54. The molecule has 2 aliphatic carbocycles. The van der Waals surface area contributed by atoms with Gasteiger partial charge in [-0.25, -0.2) is 14.6 Å². The fraction of sp³-hybridized carbons (Fsp3) is 0.423. The lowest BCUT2D eigenvalue weighted by Gasteiger charge is -2.35. The Morgan fingerprint density at radius 1 is 0.973 bits per heavy atom. The summed E-state index contributed by atoms with van der Waals surface area (Å²) in [5.74, 6) is -1.04. The minimum atomic E-state index is -0.961. The number of imide groups is 2. The van der Waals surface area contributed by atoms with Gasteiger partial charge in [-0.2, -0.15) is 5.10 Å². The predicted octanol–water partition coefficient (Wildman–Crippen LogP) is 2.17. The first-order valence-corrected chi connectivity index (χ1v) is 12.8. The van der Waals surface area contributed by atoms with Gasteiger partial charge in [0, 0.05) is 37.0 Å². The molecule has 11 heteroatoms. The van der Waals surface area contributed by atoms with Crippen molar-refractivity contribution >= 4 is 40.5 Å². The van der Waals surface area contributed by atoms with Gasteiger partial charge in [-0.1, -0.05) is 0 Å². The third-order valence-corrected chi connectivity index (χ3v) is 7.91. The average molecular weight is 500 g/mol. The van der Waals surface area contributed by atoms with Crippen molar-refractivity contribution in [3.05, 3.63) is 47.4 Å². The first-order chi connectivity index (χ1) is 18.0. The van der Waals surface area contributed by atoms with Crippen molar-refractivity contribution in [1.29, 1.82) is 0 Å². The van der Waals surface area contributed by atoms with Crippen molar-refractivity contribution in [2.24, 2.45) is 5.92 Å². The number of fused-ring (bicyclic) bond motifs is 2. The Bertz CT molecular complexity index is 1490. The van der Waals surface area contributed by atoms with Gasteiger partial charge in [0.25, 0.3) is 11.8 Å². The largest absolute Gasteiger partial charge is 0.385 e. The van der Waals surface area contributed by atoms with Gasteiger partial charge in [-0.3, -0.25) is 29.4 Å². The number of benzene rings is 1. The molecule has 2 N–H and O–H groups in total. The molecule has 37 heavy (non-hydrogen) atoms. The number of aromatic nitrogens is 4. The van der Waals surface area contributed by atoms with Gasteiger partial charge in [-0.15, -0.1) is 0 Å². The zero-order chi connectivity index (χ0) is 25.3. The maximum absolute atomic E-state index is 13.0. The molecule has 4 amide bonds. The zero-order valence-electron chi connectivity index (χ0n) is 20.0. The predicted molar refractivity (Wildman–Crippen MR) is 131 cm³/mol. The summed E-state index contributed by atoms with van der Waals surface area (Å²) in [6, 6.07) is 4.42. The molecule has 2 aromatic heterocycles. The summed E-state index contributed by atoms with van der Waals surface area (Å²) in [4.78, 5) is 59.7. The summed E-state index contributed by atoms with van der Waals surface area (Å²) < 4.78 is 2.05. The second-order valence-corrected chi connectivity index (χ2v) is 10.4. The highest BCUT2D eigenvalue weighted by Crippen LogP contribution is 2.44. The quantitative estimate of drug-likeness (QED) is 0.492. The van der Waals surface area contributed by atoms with E-state index in [-0.39, 0.29) is 29.9 Å². The van der Waals surface area contributed by atoms with E-state index < -0.39 is 23.8 Å². The smallest absolute Gasteiger partial charge is 0.262 e. The van der Waals surface area contributed by atoms with Crippen molar-refractivity contribution in [2.45, 2.75) is 56.5 Å². The van der Waals surface area contributed by atoms with Gasteiger partial charge in [0.15, 0.2) is 5.65 Å². The van der Waals surface area contributed by atoms with Gasteiger partial charge in [0.05, 0.1) is 22.9 Å². The van der Waals surface area contributed by atoms with E-state index >= 15 is 0 Å². The van der Waals surface area contributed by atoms with Crippen LogP contribution in [0.5, 0.6) is 0 Å². The third-order valence-electron chi connectivity index (χ3n) is 7.91. The maximum Gasteiger partial charge on any atom is 0.262 e. The number of nitrogens with zero attached hydrogens (tertiary/aromatic N) is 5. The van der Waals surface area contributed by atoms with Crippen molar-refractivity contribution in [2.75, 3.05) is 11.9 Å². The van der Waals surface area contributed by atoms with Crippen molar-refractivity contribution in [1.82, 2.24) is 30.0 Å². The monoisotopic (exact) mass is 499 g/mol. The molecule has 0 radical (unpaired) electrons. The number of nitrogens with one attached hydrogen (secondary N) is 2. The van der Waals surface area contributed by atoms with Crippen LogP contribution < -0.4 is 10.6 Å². The van der Waals surface area contributed by atoms with Gasteiger partial charge in [0.1, 0.15) is 11.6 Å². The van der Waals surface area contributed by atoms with Gasteiger partial charge in [-0.05, 0) is 56.2 Å². The number of piperidine rings is 1. The first kappa shape index (κ1) is 22.1. The summed E-state index contributed by atoms with van der Waals surface area (Å²) in [5, 5.41) is 10.5. The number of hydrogen-bond acceptors (Lipinski definition) is 8. The molecule has 1 saturated heterocycles. The van der Waals surface area contributed by atoms with E-state index in [1.165, 1.54) is 12.8 Å². The molecule has 11 nitrogen and oxygen atoms in total. The maximum atomic E-state index is 13.0. The van der Waals surface area contributed by atoms with E-state index in [0.717, 1.165) is 46.8 Å². The molecule has 2 aliphatic heterocycles. The molecule has 3 fully saturated rings. The van der Waals surface area contributed by atoms with Crippen LogP contribution in [0.15, 0.2) is 30.6 Å². The highest BCUT2D eigenvalue weighted by Gasteiger charge is 2.44. The summed E-state index contributed by atoms with van der Waals surface area (Å²) in [6.45, 7) is 0.731. The second-order valence-electron chi connectivity index (χ2n) is 10.4. The van der Waals surface area contributed by atoms with Crippen LogP contribution in [0.3, 0.4) is 0 Å². The summed E-state index contributed by atoms with van der Waals surface area (Å²) in [7, 11) is 0. The van der Waals surface area contributed by atoms with Gasteiger partial charge >= 0.3 is 0 Å².